The van der Waals surface area contributed by atoms with E-state index in [1.807, 2.05) is 0 Å². The van der Waals surface area contributed by atoms with Gasteiger partial charge in [-0.3, -0.25) is 0 Å². The van der Waals surface area contributed by atoms with E-state index in [4.69, 9.17) is 11.6 Å². The van der Waals surface area contributed by atoms with Gasteiger partial charge in [-0.05, 0) is 13.8 Å². The summed E-state index contributed by atoms with van der Waals surface area (Å²) < 4.78 is 39.0. The van der Waals surface area contributed by atoms with Crippen LogP contribution in [0.25, 0.3) is 5.65 Å². The molecular weight excluding hydrogens is 243 g/mol. The van der Waals surface area contributed by atoms with Gasteiger partial charge in [-0.1, -0.05) is 11.6 Å². The maximum absolute atomic E-state index is 12.6. The Bertz CT molecular complexity index is 559. The third-order valence-electron chi connectivity index (χ3n) is 2.16. The van der Waals surface area contributed by atoms with Crippen molar-refractivity contribution in [1.29, 1.82) is 0 Å². The first-order chi connectivity index (χ1) is 7.30. The van der Waals surface area contributed by atoms with Crippen molar-refractivity contribution in [2.45, 2.75) is 20.0 Å². The number of hydrogen-bond acceptors (Lipinski definition) is 2. The second-order valence-corrected chi connectivity index (χ2v) is 3.79. The summed E-state index contributed by atoms with van der Waals surface area (Å²) in [6.07, 6.45) is -4.51. The van der Waals surface area contributed by atoms with E-state index in [2.05, 4.69) is 10.1 Å². The lowest BCUT2D eigenvalue weighted by atomic mass is 10.2. The third-order valence-corrected chi connectivity index (χ3v) is 2.60. The van der Waals surface area contributed by atoms with Crippen LogP contribution in [0.15, 0.2) is 6.07 Å². The highest BCUT2D eigenvalue weighted by Gasteiger charge is 2.36. The van der Waals surface area contributed by atoms with Gasteiger partial charge in [0.25, 0.3) is 0 Å². The molecule has 0 aromatic carbocycles. The molecule has 2 heterocycles. The minimum Gasteiger partial charge on any atom is -0.224 e. The topological polar surface area (TPSA) is 30.2 Å². The molecule has 2 aromatic rings. The van der Waals surface area contributed by atoms with E-state index in [0.717, 1.165) is 0 Å². The molecule has 0 fully saturated rings. The SMILES string of the molecule is Cc1cc2nc(C(F)(F)F)c(C)c(Cl)n2n1. The van der Waals surface area contributed by atoms with E-state index in [-0.39, 0.29) is 16.4 Å². The molecule has 0 saturated carbocycles. The molecule has 0 radical (unpaired) electrons. The summed E-state index contributed by atoms with van der Waals surface area (Å²) in [5, 5.41) is 3.89. The van der Waals surface area contributed by atoms with Crippen LogP contribution >= 0.6 is 11.6 Å². The molecule has 0 saturated heterocycles. The summed E-state index contributed by atoms with van der Waals surface area (Å²) in [4.78, 5) is 3.52. The molecule has 0 unspecified atom stereocenters. The predicted octanol–water partition coefficient (Wildman–Crippen LogP) is 3.02. The van der Waals surface area contributed by atoms with Gasteiger partial charge in [0, 0.05) is 11.6 Å². The van der Waals surface area contributed by atoms with Crippen molar-refractivity contribution in [3.63, 3.8) is 0 Å². The van der Waals surface area contributed by atoms with Gasteiger partial charge in [0.1, 0.15) is 5.15 Å². The van der Waals surface area contributed by atoms with Crippen molar-refractivity contribution in [1.82, 2.24) is 14.6 Å². The minimum absolute atomic E-state index is 0.0644. The lowest BCUT2D eigenvalue weighted by Crippen LogP contribution is -2.13. The molecule has 0 aliphatic carbocycles. The maximum Gasteiger partial charge on any atom is 0.433 e. The summed E-state index contributed by atoms with van der Waals surface area (Å²) in [7, 11) is 0. The Morgan fingerprint density at radius 3 is 2.50 bits per heavy atom. The quantitative estimate of drug-likeness (QED) is 0.672. The fourth-order valence-corrected chi connectivity index (χ4v) is 1.65. The molecule has 2 aromatic heterocycles. The Morgan fingerprint density at radius 2 is 1.94 bits per heavy atom. The highest BCUT2D eigenvalue weighted by Crippen LogP contribution is 2.33. The van der Waals surface area contributed by atoms with Crippen LogP contribution in [0, 0.1) is 13.8 Å². The van der Waals surface area contributed by atoms with Gasteiger partial charge in [-0.15, -0.1) is 0 Å². The summed E-state index contributed by atoms with van der Waals surface area (Å²) in [6.45, 7) is 2.93. The summed E-state index contributed by atoms with van der Waals surface area (Å²) >= 11 is 5.81. The predicted molar refractivity (Wildman–Crippen MR) is 52.5 cm³/mol. The number of fused-ring (bicyclic) bond motifs is 1. The van der Waals surface area contributed by atoms with Gasteiger partial charge in [0.15, 0.2) is 11.3 Å². The monoisotopic (exact) mass is 249 g/mol. The van der Waals surface area contributed by atoms with E-state index < -0.39 is 11.9 Å². The molecule has 0 aliphatic rings. The number of halogens is 4. The minimum atomic E-state index is -4.51. The molecule has 0 atom stereocenters. The fourth-order valence-electron chi connectivity index (χ4n) is 1.44. The van der Waals surface area contributed by atoms with Gasteiger partial charge in [-0.25, -0.2) is 9.50 Å². The van der Waals surface area contributed by atoms with E-state index in [9.17, 15) is 13.2 Å². The van der Waals surface area contributed by atoms with Crippen LogP contribution in [-0.2, 0) is 6.18 Å². The fraction of sp³-hybridized carbons (Fsp3) is 0.333. The Kier molecular flexibility index (Phi) is 2.34. The van der Waals surface area contributed by atoms with Crippen molar-refractivity contribution in [3.05, 3.63) is 28.2 Å². The first-order valence-corrected chi connectivity index (χ1v) is 4.78. The number of nitrogens with zero attached hydrogens (tertiary/aromatic N) is 3. The highest BCUT2D eigenvalue weighted by atomic mass is 35.5. The lowest BCUT2D eigenvalue weighted by Gasteiger charge is -2.10. The second kappa shape index (κ2) is 3.35. The van der Waals surface area contributed by atoms with E-state index >= 15 is 0 Å². The van der Waals surface area contributed by atoms with Crippen LogP contribution in [-0.4, -0.2) is 14.6 Å². The average molecular weight is 250 g/mol. The van der Waals surface area contributed by atoms with Crippen LogP contribution in [0.2, 0.25) is 5.15 Å². The van der Waals surface area contributed by atoms with Crippen LogP contribution in [0.3, 0.4) is 0 Å². The Hall–Kier alpha value is -1.30. The zero-order valence-electron chi connectivity index (χ0n) is 8.43. The van der Waals surface area contributed by atoms with Crippen molar-refractivity contribution in [2.24, 2.45) is 0 Å². The van der Waals surface area contributed by atoms with Crippen molar-refractivity contribution >= 4 is 17.2 Å². The Labute approximate surface area is 93.9 Å². The first kappa shape index (κ1) is 11.2. The molecule has 0 bridgehead atoms. The van der Waals surface area contributed by atoms with E-state index in [1.54, 1.807) is 6.92 Å². The number of aromatic nitrogens is 3. The molecular formula is C9H7ClF3N3. The van der Waals surface area contributed by atoms with Crippen LogP contribution in [0.1, 0.15) is 17.0 Å². The molecule has 2 rings (SSSR count). The third kappa shape index (κ3) is 1.63. The molecule has 0 amide bonds. The van der Waals surface area contributed by atoms with Gasteiger partial charge in [0.05, 0.1) is 5.69 Å². The summed E-state index contributed by atoms with van der Waals surface area (Å²) in [5.74, 6) is 0. The van der Waals surface area contributed by atoms with Crippen LogP contribution in [0.5, 0.6) is 0 Å². The zero-order chi connectivity index (χ0) is 12.1. The van der Waals surface area contributed by atoms with Crippen LogP contribution in [0.4, 0.5) is 13.2 Å². The maximum atomic E-state index is 12.6. The number of aryl methyl sites for hydroxylation is 1. The molecule has 16 heavy (non-hydrogen) atoms. The molecule has 0 aliphatic heterocycles. The van der Waals surface area contributed by atoms with Crippen LogP contribution < -0.4 is 0 Å². The number of alkyl halides is 3. The molecule has 0 spiro atoms. The largest absolute Gasteiger partial charge is 0.433 e. The van der Waals surface area contributed by atoms with Crippen molar-refractivity contribution < 1.29 is 13.2 Å². The standard InChI is InChI=1S/C9H7ClF3N3/c1-4-3-6-14-7(9(11,12)13)5(2)8(10)16(6)15-4/h3H,1-2H3. The Morgan fingerprint density at radius 1 is 1.31 bits per heavy atom. The first-order valence-electron chi connectivity index (χ1n) is 4.40. The molecule has 7 heteroatoms. The normalized spacial score (nSPS) is 12.4. The lowest BCUT2D eigenvalue weighted by molar-refractivity contribution is -0.141. The summed E-state index contributed by atoms with van der Waals surface area (Å²) in [5.41, 5.74) is -0.428. The van der Waals surface area contributed by atoms with Gasteiger partial charge in [-0.2, -0.15) is 18.3 Å². The Balaban J connectivity index is 2.83. The van der Waals surface area contributed by atoms with Gasteiger partial charge >= 0.3 is 6.18 Å². The van der Waals surface area contributed by atoms with Crippen molar-refractivity contribution in [3.8, 4) is 0 Å². The van der Waals surface area contributed by atoms with Crippen molar-refractivity contribution in [2.75, 3.05) is 0 Å². The van der Waals surface area contributed by atoms with E-state index in [1.165, 1.54) is 17.5 Å². The molecule has 86 valence electrons. The zero-order valence-corrected chi connectivity index (χ0v) is 9.19. The number of hydrogen-bond donors (Lipinski definition) is 0. The smallest absolute Gasteiger partial charge is 0.224 e. The second-order valence-electron chi connectivity index (χ2n) is 3.43. The van der Waals surface area contributed by atoms with E-state index in [0.29, 0.717) is 5.69 Å². The molecule has 3 nitrogen and oxygen atoms in total. The molecule has 0 N–H and O–H groups in total. The van der Waals surface area contributed by atoms with Gasteiger partial charge < -0.3 is 0 Å². The number of rotatable bonds is 0. The van der Waals surface area contributed by atoms with Gasteiger partial charge in [0.2, 0.25) is 0 Å². The average Bonchev–Trinajstić information content (AvgIpc) is 2.51. The summed E-state index contributed by atoms with van der Waals surface area (Å²) in [6, 6.07) is 1.44. The highest BCUT2D eigenvalue weighted by molar-refractivity contribution is 6.30.